The van der Waals surface area contributed by atoms with Gasteiger partial charge >= 0.3 is 6.03 Å². The van der Waals surface area contributed by atoms with Gasteiger partial charge in [-0.15, -0.1) is 0 Å². The van der Waals surface area contributed by atoms with Gasteiger partial charge in [-0.3, -0.25) is 4.79 Å². The quantitative estimate of drug-likeness (QED) is 0.692. The fourth-order valence-electron chi connectivity index (χ4n) is 2.08. The second-order valence-electron chi connectivity index (χ2n) is 5.25. The summed E-state index contributed by atoms with van der Waals surface area (Å²) in [5, 5.41) is 8.91. The number of amides is 3. The molecular weight excluding hydrogens is 325 g/mol. The number of urea groups is 1. The third-order valence-corrected chi connectivity index (χ3v) is 4.43. The Hall–Kier alpha value is -1.46. The molecular formula is C15H19Cl2N3O2. The molecule has 5 nitrogen and oxygen atoms in total. The van der Waals surface area contributed by atoms with E-state index in [1.807, 2.05) is 0 Å². The maximum atomic E-state index is 11.7. The minimum absolute atomic E-state index is 0.126. The van der Waals surface area contributed by atoms with Crippen molar-refractivity contribution >= 4 is 40.8 Å². The Morgan fingerprint density at radius 3 is 2.55 bits per heavy atom. The van der Waals surface area contributed by atoms with Crippen LogP contribution in [0.25, 0.3) is 0 Å². The number of rotatable bonds is 6. The molecule has 3 amide bonds. The first-order valence-electron chi connectivity index (χ1n) is 7.34. The van der Waals surface area contributed by atoms with Crippen molar-refractivity contribution in [3.8, 4) is 0 Å². The first-order chi connectivity index (χ1) is 10.6. The molecule has 0 unspecified atom stereocenters. The van der Waals surface area contributed by atoms with E-state index in [-0.39, 0.29) is 17.9 Å². The van der Waals surface area contributed by atoms with Crippen LogP contribution in [0.1, 0.15) is 25.7 Å². The van der Waals surface area contributed by atoms with Gasteiger partial charge < -0.3 is 16.0 Å². The van der Waals surface area contributed by atoms with Crippen LogP contribution in [-0.2, 0) is 4.79 Å². The molecule has 2 rings (SSSR count). The van der Waals surface area contributed by atoms with E-state index in [2.05, 4.69) is 16.0 Å². The Kier molecular flexibility index (Phi) is 6.34. The molecule has 1 aliphatic rings. The Bertz CT molecular complexity index is 548. The van der Waals surface area contributed by atoms with E-state index in [1.165, 1.54) is 0 Å². The van der Waals surface area contributed by atoms with Crippen LogP contribution < -0.4 is 16.0 Å². The second kappa shape index (κ2) is 8.25. The monoisotopic (exact) mass is 343 g/mol. The van der Waals surface area contributed by atoms with Crippen molar-refractivity contribution in [2.45, 2.75) is 25.7 Å². The van der Waals surface area contributed by atoms with Gasteiger partial charge in [0.25, 0.3) is 0 Å². The van der Waals surface area contributed by atoms with Crippen molar-refractivity contribution in [2.75, 3.05) is 18.4 Å². The molecule has 0 bridgehead atoms. The van der Waals surface area contributed by atoms with Gasteiger partial charge in [0, 0.05) is 19.0 Å². The number of hydrogen-bond acceptors (Lipinski definition) is 2. The van der Waals surface area contributed by atoms with E-state index >= 15 is 0 Å². The van der Waals surface area contributed by atoms with Gasteiger partial charge in [0.1, 0.15) is 0 Å². The van der Waals surface area contributed by atoms with E-state index in [0.717, 1.165) is 19.3 Å². The van der Waals surface area contributed by atoms with Crippen molar-refractivity contribution in [3.63, 3.8) is 0 Å². The number of halogens is 2. The Labute approximate surface area is 139 Å². The maximum absolute atomic E-state index is 11.7. The van der Waals surface area contributed by atoms with Gasteiger partial charge in [0.2, 0.25) is 5.91 Å². The molecule has 1 aromatic rings. The predicted molar refractivity (Wildman–Crippen MR) is 88.5 cm³/mol. The highest BCUT2D eigenvalue weighted by molar-refractivity contribution is 6.43. The van der Waals surface area contributed by atoms with Crippen LogP contribution in [0.5, 0.6) is 0 Å². The zero-order valence-electron chi connectivity index (χ0n) is 12.1. The molecule has 22 heavy (non-hydrogen) atoms. The smallest absolute Gasteiger partial charge is 0.319 e. The fraction of sp³-hybridized carbons (Fsp3) is 0.467. The van der Waals surface area contributed by atoms with Crippen LogP contribution in [0.15, 0.2) is 18.2 Å². The van der Waals surface area contributed by atoms with Gasteiger partial charge in [-0.2, -0.15) is 0 Å². The second-order valence-corrected chi connectivity index (χ2v) is 6.04. The van der Waals surface area contributed by atoms with Crippen LogP contribution in [-0.4, -0.2) is 25.0 Å². The lowest BCUT2D eigenvalue weighted by molar-refractivity contribution is -0.127. The van der Waals surface area contributed by atoms with E-state index in [1.54, 1.807) is 18.2 Å². The molecule has 0 saturated heterocycles. The summed E-state index contributed by atoms with van der Waals surface area (Å²) in [6.45, 7) is 1.03. The Balaban J connectivity index is 1.61. The summed E-state index contributed by atoms with van der Waals surface area (Å²) in [6.07, 6.45) is 3.81. The minimum Gasteiger partial charge on any atom is -0.356 e. The first kappa shape index (κ1) is 16.9. The molecule has 0 spiro atoms. The zero-order valence-corrected chi connectivity index (χ0v) is 13.6. The lowest BCUT2D eigenvalue weighted by Gasteiger charge is -2.24. The normalized spacial score (nSPS) is 14.1. The predicted octanol–water partition coefficient (Wildman–Crippen LogP) is 3.42. The lowest BCUT2D eigenvalue weighted by Crippen LogP contribution is -2.36. The molecule has 1 aromatic carbocycles. The fourth-order valence-corrected chi connectivity index (χ4v) is 2.43. The van der Waals surface area contributed by atoms with Crippen LogP contribution in [0.2, 0.25) is 10.0 Å². The van der Waals surface area contributed by atoms with Crippen LogP contribution in [0.3, 0.4) is 0 Å². The average molecular weight is 344 g/mol. The standard InChI is InChI=1S/C15H19Cl2N3O2/c16-11-6-2-7-12(13(11)17)20-15(22)19-9-3-8-18-14(21)10-4-1-5-10/h2,6-7,10H,1,3-5,8-9H2,(H,18,21)(H2,19,20,22). The largest absolute Gasteiger partial charge is 0.356 e. The number of anilines is 1. The minimum atomic E-state index is -0.352. The number of nitrogens with one attached hydrogen (secondary N) is 3. The molecule has 0 heterocycles. The molecule has 0 aliphatic heterocycles. The van der Waals surface area contributed by atoms with Crippen molar-refractivity contribution in [2.24, 2.45) is 5.92 Å². The summed E-state index contributed by atoms with van der Waals surface area (Å²) in [7, 11) is 0. The number of carbonyl (C=O) groups excluding carboxylic acids is 2. The SMILES string of the molecule is O=C(NCCCNC(=O)C1CCC1)Nc1cccc(Cl)c1Cl. The van der Waals surface area contributed by atoms with Crippen LogP contribution in [0.4, 0.5) is 10.5 Å². The number of hydrogen-bond donors (Lipinski definition) is 3. The molecule has 7 heteroatoms. The molecule has 0 radical (unpaired) electrons. The summed E-state index contributed by atoms with van der Waals surface area (Å²) >= 11 is 11.9. The van der Waals surface area contributed by atoms with E-state index in [0.29, 0.717) is 35.2 Å². The van der Waals surface area contributed by atoms with E-state index < -0.39 is 0 Å². The van der Waals surface area contributed by atoms with Crippen molar-refractivity contribution in [1.29, 1.82) is 0 Å². The van der Waals surface area contributed by atoms with Gasteiger partial charge in [-0.25, -0.2) is 4.79 Å². The van der Waals surface area contributed by atoms with E-state index in [9.17, 15) is 9.59 Å². The van der Waals surface area contributed by atoms with Crippen molar-refractivity contribution < 1.29 is 9.59 Å². The highest BCUT2D eigenvalue weighted by Gasteiger charge is 2.24. The summed E-state index contributed by atoms with van der Waals surface area (Å²) in [4.78, 5) is 23.3. The summed E-state index contributed by atoms with van der Waals surface area (Å²) in [5.74, 6) is 0.322. The molecule has 0 atom stereocenters. The Morgan fingerprint density at radius 1 is 1.14 bits per heavy atom. The molecule has 3 N–H and O–H groups in total. The van der Waals surface area contributed by atoms with Gasteiger partial charge in [-0.1, -0.05) is 35.7 Å². The highest BCUT2D eigenvalue weighted by atomic mass is 35.5. The van der Waals surface area contributed by atoms with Gasteiger partial charge in [0.15, 0.2) is 0 Å². The number of benzene rings is 1. The summed E-state index contributed by atoms with van der Waals surface area (Å²) < 4.78 is 0. The highest BCUT2D eigenvalue weighted by Crippen LogP contribution is 2.29. The molecule has 0 aromatic heterocycles. The van der Waals surface area contributed by atoms with Crippen molar-refractivity contribution in [3.05, 3.63) is 28.2 Å². The zero-order chi connectivity index (χ0) is 15.9. The van der Waals surface area contributed by atoms with Crippen LogP contribution >= 0.6 is 23.2 Å². The average Bonchev–Trinajstić information content (AvgIpc) is 2.41. The van der Waals surface area contributed by atoms with Crippen LogP contribution in [0, 0.1) is 5.92 Å². The van der Waals surface area contributed by atoms with Gasteiger partial charge in [-0.05, 0) is 31.4 Å². The Morgan fingerprint density at radius 2 is 1.86 bits per heavy atom. The summed E-state index contributed by atoms with van der Waals surface area (Å²) in [5.41, 5.74) is 0.463. The number of carbonyl (C=O) groups is 2. The van der Waals surface area contributed by atoms with Crippen molar-refractivity contribution in [1.82, 2.24) is 10.6 Å². The molecule has 1 aliphatic carbocycles. The lowest BCUT2D eigenvalue weighted by atomic mass is 9.85. The maximum Gasteiger partial charge on any atom is 0.319 e. The van der Waals surface area contributed by atoms with Gasteiger partial charge in [0.05, 0.1) is 15.7 Å². The first-order valence-corrected chi connectivity index (χ1v) is 8.10. The molecule has 120 valence electrons. The topological polar surface area (TPSA) is 70.2 Å². The van der Waals surface area contributed by atoms with E-state index in [4.69, 9.17) is 23.2 Å². The third-order valence-electron chi connectivity index (χ3n) is 3.61. The molecule has 1 saturated carbocycles. The molecule has 1 fully saturated rings. The summed E-state index contributed by atoms with van der Waals surface area (Å²) in [6, 6.07) is 4.68. The third kappa shape index (κ3) is 4.78.